The summed E-state index contributed by atoms with van der Waals surface area (Å²) in [4.78, 5) is 16.2. The van der Waals surface area contributed by atoms with E-state index < -0.39 is 11.9 Å². The van der Waals surface area contributed by atoms with Gasteiger partial charge in [-0.15, -0.1) is 11.3 Å². The summed E-state index contributed by atoms with van der Waals surface area (Å²) in [6.45, 7) is 3.97. The molecule has 0 bridgehead atoms. The van der Waals surface area contributed by atoms with E-state index in [4.69, 9.17) is 10.1 Å². The van der Waals surface area contributed by atoms with Crippen LogP contribution in [-0.4, -0.2) is 25.8 Å². The summed E-state index contributed by atoms with van der Waals surface area (Å²) < 4.78 is 1.89. The Hall–Kier alpha value is -3.25. The average molecular weight is 418 g/mol. The van der Waals surface area contributed by atoms with Crippen LogP contribution < -0.4 is 0 Å². The molecule has 152 valence electrons. The second-order valence-corrected chi connectivity index (χ2v) is 8.07. The number of aromatic nitrogens is 3. The fourth-order valence-corrected chi connectivity index (χ4v) is 4.38. The van der Waals surface area contributed by atoms with Gasteiger partial charge in [0.1, 0.15) is 0 Å². The zero-order valence-corrected chi connectivity index (χ0v) is 17.8. The van der Waals surface area contributed by atoms with Crippen molar-refractivity contribution >= 4 is 17.3 Å². The molecule has 0 saturated heterocycles. The van der Waals surface area contributed by atoms with Crippen LogP contribution in [-0.2, 0) is 11.2 Å². The van der Waals surface area contributed by atoms with E-state index >= 15 is 0 Å². The van der Waals surface area contributed by atoms with Gasteiger partial charge in [0.15, 0.2) is 0 Å². The summed E-state index contributed by atoms with van der Waals surface area (Å²) in [7, 11) is 0. The normalized spacial score (nSPS) is 12.1. The predicted molar refractivity (Wildman–Crippen MR) is 120 cm³/mol. The fraction of sp³-hybridized carbons (Fsp3) is 0.208. The predicted octanol–water partition coefficient (Wildman–Crippen LogP) is 5.62. The maximum atomic E-state index is 11.4. The molecule has 0 fully saturated rings. The van der Waals surface area contributed by atoms with Gasteiger partial charge in [-0.25, -0.2) is 9.67 Å². The van der Waals surface area contributed by atoms with Crippen LogP contribution >= 0.6 is 11.3 Å². The van der Waals surface area contributed by atoms with Crippen molar-refractivity contribution in [3.8, 4) is 27.6 Å². The van der Waals surface area contributed by atoms with Crippen LogP contribution in [0.1, 0.15) is 24.6 Å². The van der Waals surface area contributed by atoms with Gasteiger partial charge in [-0.1, -0.05) is 67.6 Å². The third-order valence-corrected chi connectivity index (χ3v) is 6.10. The van der Waals surface area contributed by atoms with Crippen LogP contribution in [0.25, 0.3) is 27.6 Å². The summed E-state index contributed by atoms with van der Waals surface area (Å²) in [6, 6.07) is 20.3. The first-order valence-corrected chi connectivity index (χ1v) is 10.8. The van der Waals surface area contributed by atoms with E-state index in [0.29, 0.717) is 12.8 Å². The maximum Gasteiger partial charge on any atom is 0.306 e. The summed E-state index contributed by atoms with van der Waals surface area (Å²) >= 11 is 1.49. The Morgan fingerprint density at radius 2 is 1.70 bits per heavy atom. The standard InChI is InChI=1S/C24H23N3O2S/c1-3-17(23(28)29)14-20-15-30-24(25-20)27-22(19-12-8-5-9-13-19)16(2)21(26-27)18-10-6-4-7-11-18/h4-13,15,17H,3,14H2,1-2H3,(H,28,29). The second-order valence-electron chi connectivity index (χ2n) is 7.24. The van der Waals surface area contributed by atoms with Gasteiger partial charge >= 0.3 is 5.97 Å². The molecule has 2 heterocycles. The molecule has 0 aliphatic rings. The summed E-state index contributed by atoms with van der Waals surface area (Å²) in [6.07, 6.45) is 1.01. The number of hydrogen-bond acceptors (Lipinski definition) is 4. The molecule has 0 radical (unpaired) electrons. The first-order chi connectivity index (χ1) is 14.6. The largest absolute Gasteiger partial charge is 0.481 e. The van der Waals surface area contributed by atoms with Crippen molar-refractivity contribution in [2.75, 3.05) is 0 Å². The number of benzene rings is 2. The van der Waals surface area contributed by atoms with Crippen LogP contribution in [0, 0.1) is 12.8 Å². The number of carbonyl (C=O) groups is 1. The third kappa shape index (κ3) is 3.91. The maximum absolute atomic E-state index is 11.4. The van der Waals surface area contributed by atoms with Crippen molar-refractivity contribution in [3.05, 3.63) is 77.3 Å². The van der Waals surface area contributed by atoms with Crippen molar-refractivity contribution in [1.82, 2.24) is 14.8 Å². The highest BCUT2D eigenvalue weighted by atomic mass is 32.1. The van der Waals surface area contributed by atoms with E-state index in [1.165, 1.54) is 11.3 Å². The van der Waals surface area contributed by atoms with Crippen LogP contribution in [0.15, 0.2) is 66.0 Å². The second kappa shape index (κ2) is 8.63. The molecule has 30 heavy (non-hydrogen) atoms. The van der Waals surface area contributed by atoms with E-state index in [1.807, 2.05) is 53.4 Å². The van der Waals surface area contributed by atoms with E-state index in [1.54, 1.807) is 0 Å². The lowest BCUT2D eigenvalue weighted by atomic mass is 10.0. The van der Waals surface area contributed by atoms with E-state index in [-0.39, 0.29) is 0 Å². The van der Waals surface area contributed by atoms with E-state index in [9.17, 15) is 9.90 Å². The number of rotatable bonds is 7. The first-order valence-electron chi connectivity index (χ1n) is 9.96. The van der Waals surface area contributed by atoms with Gasteiger partial charge in [-0.3, -0.25) is 4.79 Å². The molecule has 5 nitrogen and oxygen atoms in total. The number of aliphatic carboxylic acids is 1. The number of carboxylic acids is 1. The van der Waals surface area contributed by atoms with Gasteiger partial charge in [0.25, 0.3) is 0 Å². The third-order valence-electron chi connectivity index (χ3n) is 5.24. The number of nitrogens with zero attached hydrogens (tertiary/aromatic N) is 3. The molecular formula is C24H23N3O2S. The van der Waals surface area contributed by atoms with Crippen molar-refractivity contribution < 1.29 is 9.90 Å². The summed E-state index contributed by atoms with van der Waals surface area (Å²) in [5.74, 6) is -1.20. The molecule has 0 spiro atoms. The molecule has 6 heteroatoms. The van der Waals surface area contributed by atoms with E-state index in [0.717, 1.165) is 38.9 Å². The van der Waals surface area contributed by atoms with Crippen LogP contribution in [0.4, 0.5) is 0 Å². The minimum atomic E-state index is -0.779. The Balaban J connectivity index is 1.81. The molecule has 0 saturated carbocycles. The minimum Gasteiger partial charge on any atom is -0.481 e. The van der Waals surface area contributed by atoms with Crippen molar-refractivity contribution in [2.45, 2.75) is 26.7 Å². The molecule has 4 aromatic rings. The van der Waals surface area contributed by atoms with Gasteiger partial charge < -0.3 is 5.11 Å². The zero-order chi connectivity index (χ0) is 21.1. The number of hydrogen-bond donors (Lipinski definition) is 1. The Morgan fingerprint density at radius 1 is 1.07 bits per heavy atom. The van der Waals surface area contributed by atoms with Gasteiger partial charge in [0.2, 0.25) is 5.13 Å². The smallest absolute Gasteiger partial charge is 0.306 e. The monoisotopic (exact) mass is 417 g/mol. The molecule has 2 aromatic carbocycles. The fourth-order valence-electron chi connectivity index (χ4n) is 3.59. The molecule has 0 aliphatic carbocycles. The van der Waals surface area contributed by atoms with Crippen LogP contribution in [0.2, 0.25) is 0 Å². The van der Waals surface area contributed by atoms with Gasteiger partial charge in [0, 0.05) is 28.5 Å². The topological polar surface area (TPSA) is 68.0 Å². The van der Waals surface area contributed by atoms with Crippen molar-refractivity contribution in [2.24, 2.45) is 5.92 Å². The van der Waals surface area contributed by atoms with Crippen molar-refractivity contribution in [3.63, 3.8) is 0 Å². The Kier molecular flexibility index (Phi) is 5.77. The zero-order valence-electron chi connectivity index (χ0n) is 16.9. The highest BCUT2D eigenvalue weighted by molar-refractivity contribution is 7.12. The Bertz CT molecular complexity index is 1150. The highest BCUT2D eigenvalue weighted by Crippen LogP contribution is 2.34. The SMILES string of the molecule is CCC(Cc1csc(-n2nc(-c3ccccc3)c(C)c2-c2ccccc2)n1)C(=O)O. The lowest BCUT2D eigenvalue weighted by Crippen LogP contribution is -2.15. The lowest BCUT2D eigenvalue weighted by Gasteiger charge is -2.07. The van der Waals surface area contributed by atoms with Gasteiger partial charge in [-0.2, -0.15) is 5.10 Å². The molecular weight excluding hydrogens is 394 g/mol. The Morgan fingerprint density at radius 3 is 2.30 bits per heavy atom. The molecule has 4 rings (SSSR count). The summed E-state index contributed by atoms with van der Waals surface area (Å²) in [5.41, 5.74) is 5.92. The van der Waals surface area contributed by atoms with Gasteiger partial charge in [-0.05, 0) is 13.3 Å². The van der Waals surface area contributed by atoms with Crippen LogP contribution in [0.3, 0.4) is 0 Å². The van der Waals surface area contributed by atoms with E-state index in [2.05, 4.69) is 31.2 Å². The molecule has 2 aromatic heterocycles. The molecule has 0 aliphatic heterocycles. The number of carboxylic acid groups (broad SMARTS) is 1. The molecule has 1 atom stereocenters. The molecule has 1 N–H and O–H groups in total. The lowest BCUT2D eigenvalue weighted by molar-refractivity contribution is -0.141. The number of thiazole rings is 1. The summed E-state index contributed by atoms with van der Waals surface area (Å²) in [5, 5.41) is 17.0. The first kappa shape index (κ1) is 20.0. The van der Waals surface area contributed by atoms with Crippen molar-refractivity contribution in [1.29, 1.82) is 0 Å². The Labute approximate surface area is 179 Å². The van der Waals surface area contributed by atoms with Gasteiger partial charge in [0.05, 0.1) is 23.0 Å². The minimum absolute atomic E-state index is 0.423. The average Bonchev–Trinajstić information content (AvgIpc) is 3.37. The van der Waals surface area contributed by atoms with Crippen LogP contribution in [0.5, 0.6) is 0 Å². The highest BCUT2D eigenvalue weighted by Gasteiger charge is 2.22. The molecule has 0 amide bonds. The quantitative estimate of drug-likeness (QED) is 0.423. The molecule has 1 unspecified atom stereocenters.